The minimum absolute atomic E-state index is 0.397. The van der Waals surface area contributed by atoms with E-state index in [0.29, 0.717) is 18.3 Å². The molecule has 0 aliphatic heterocycles. The van der Waals surface area contributed by atoms with Crippen molar-refractivity contribution < 1.29 is 9.52 Å². The molecule has 1 aromatic carbocycles. The lowest BCUT2D eigenvalue weighted by Crippen LogP contribution is -2.55. The maximum absolute atomic E-state index is 10.1. The summed E-state index contributed by atoms with van der Waals surface area (Å²) in [5.74, 6) is 0.957. The van der Waals surface area contributed by atoms with Crippen molar-refractivity contribution in [2.45, 2.75) is 45.4 Å². The summed E-state index contributed by atoms with van der Waals surface area (Å²) >= 11 is 3.46. The summed E-state index contributed by atoms with van der Waals surface area (Å²) in [6.45, 7) is 7.78. The maximum atomic E-state index is 10.1. The van der Waals surface area contributed by atoms with Crippen LogP contribution in [0.1, 0.15) is 33.6 Å². The van der Waals surface area contributed by atoms with E-state index in [4.69, 9.17) is 4.42 Å². The fourth-order valence-electron chi connectivity index (χ4n) is 1.58. The zero-order chi connectivity index (χ0) is 15.7. The third-order valence-electron chi connectivity index (χ3n) is 3.78. The predicted molar refractivity (Wildman–Crippen MR) is 84.7 cm³/mol. The molecule has 0 amide bonds. The Hall–Kier alpha value is -1.24. The molecule has 5 nitrogen and oxygen atoms in total. The largest absolute Gasteiger partial charge is 0.419 e. The van der Waals surface area contributed by atoms with Gasteiger partial charge < -0.3 is 14.8 Å². The number of nitrogens with zero attached hydrogens (tertiary/aromatic N) is 2. The van der Waals surface area contributed by atoms with Crippen LogP contribution >= 0.6 is 15.9 Å². The van der Waals surface area contributed by atoms with Crippen molar-refractivity contribution in [3.63, 3.8) is 0 Å². The van der Waals surface area contributed by atoms with Gasteiger partial charge in [-0.25, -0.2) is 0 Å². The summed E-state index contributed by atoms with van der Waals surface area (Å²) in [6, 6.07) is 7.68. The highest BCUT2D eigenvalue weighted by Gasteiger charge is 2.34. The SMILES string of the molecule is CC(C)(O)C(C)(C)NCc1nnc(-c2ccccc2Br)o1. The molecule has 6 heteroatoms. The van der Waals surface area contributed by atoms with E-state index < -0.39 is 11.1 Å². The number of aromatic nitrogens is 2. The van der Waals surface area contributed by atoms with Crippen LogP contribution < -0.4 is 5.32 Å². The zero-order valence-electron chi connectivity index (χ0n) is 12.6. The molecule has 2 N–H and O–H groups in total. The Labute approximate surface area is 132 Å². The Balaban J connectivity index is 2.10. The smallest absolute Gasteiger partial charge is 0.248 e. The van der Waals surface area contributed by atoms with E-state index in [9.17, 15) is 5.11 Å². The van der Waals surface area contributed by atoms with E-state index >= 15 is 0 Å². The third-order valence-corrected chi connectivity index (χ3v) is 4.47. The molecule has 0 unspecified atom stereocenters. The number of aliphatic hydroxyl groups is 1. The van der Waals surface area contributed by atoms with Crippen LogP contribution in [0.2, 0.25) is 0 Å². The number of nitrogens with one attached hydrogen (secondary N) is 1. The third kappa shape index (κ3) is 3.70. The molecule has 21 heavy (non-hydrogen) atoms. The molecular formula is C15H20BrN3O2. The number of rotatable bonds is 5. The van der Waals surface area contributed by atoms with Gasteiger partial charge in [0.2, 0.25) is 11.8 Å². The highest BCUT2D eigenvalue weighted by Crippen LogP contribution is 2.27. The molecule has 0 spiro atoms. The van der Waals surface area contributed by atoms with Crippen molar-refractivity contribution in [2.75, 3.05) is 0 Å². The molecule has 0 aliphatic carbocycles. The van der Waals surface area contributed by atoms with E-state index in [1.165, 1.54) is 0 Å². The van der Waals surface area contributed by atoms with E-state index in [-0.39, 0.29) is 0 Å². The quantitative estimate of drug-likeness (QED) is 0.863. The van der Waals surface area contributed by atoms with E-state index in [1.807, 2.05) is 38.1 Å². The average molecular weight is 354 g/mol. The molecule has 0 atom stereocenters. The van der Waals surface area contributed by atoms with Crippen LogP contribution in [-0.2, 0) is 6.54 Å². The van der Waals surface area contributed by atoms with Gasteiger partial charge in [-0.2, -0.15) is 0 Å². The van der Waals surface area contributed by atoms with Gasteiger partial charge in [-0.05, 0) is 55.8 Å². The fraction of sp³-hybridized carbons (Fsp3) is 0.467. The van der Waals surface area contributed by atoms with Crippen LogP contribution in [0.3, 0.4) is 0 Å². The van der Waals surface area contributed by atoms with Crippen molar-refractivity contribution in [3.05, 3.63) is 34.6 Å². The predicted octanol–water partition coefficient (Wildman–Crippen LogP) is 3.14. The van der Waals surface area contributed by atoms with Gasteiger partial charge >= 0.3 is 0 Å². The second-order valence-electron chi connectivity index (χ2n) is 6.02. The first-order chi connectivity index (χ1) is 9.71. The van der Waals surface area contributed by atoms with Crippen LogP contribution in [0.25, 0.3) is 11.5 Å². The van der Waals surface area contributed by atoms with Crippen molar-refractivity contribution in [1.82, 2.24) is 15.5 Å². The Morgan fingerprint density at radius 1 is 1.19 bits per heavy atom. The Kier molecular flexibility index (Phi) is 4.51. The van der Waals surface area contributed by atoms with Crippen LogP contribution in [0.4, 0.5) is 0 Å². The van der Waals surface area contributed by atoms with Gasteiger partial charge in [0, 0.05) is 10.0 Å². The molecule has 2 aromatic rings. The minimum atomic E-state index is -0.863. The highest BCUT2D eigenvalue weighted by molar-refractivity contribution is 9.10. The molecule has 0 aliphatic rings. The molecule has 114 valence electrons. The summed E-state index contributed by atoms with van der Waals surface area (Å²) in [4.78, 5) is 0. The fourth-order valence-corrected chi connectivity index (χ4v) is 2.04. The first-order valence-corrected chi connectivity index (χ1v) is 7.55. The number of benzene rings is 1. The van der Waals surface area contributed by atoms with Gasteiger partial charge in [0.25, 0.3) is 0 Å². The molecule has 0 radical (unpaired) electrons. The average Bonchev–Trinajstić information content (AvgIpc) is 2.84. The minimum Gasteiger partial charge on any atom is -0.419 e. The van der Waals surface area contributed by atoms with Crippen molar-refractivity contribution in [2.24, 2.45) is 0 Å². The summed E-state index contributed by atoms with van der Waals surface area (Å²) in [6.07, 6.45) is 0. The van der Waals surface area contributed by atoms with Crippen LogP contribution in [0.15, 0.2) is 33.2 Å². The van der Waals surface area contributed by atoms with Gasteiger partial charge in [0.05, 0.1) is 17.7 Å². The Morgan fingerprint density at radius 3 is 2.48 bits per heavy atom. The van der Waals surface area contributed by atoms with Gasteiger partial charge in [-0.15, -0.1) is 10.2 Å². The van der Waals surface area contributed by atoms with Gasteiger partial charge in [-0.3, -0.25) is 0 Å². The molecule has 0 saturated heterocycles. The number of halogens is 1. The first-order valence-electron chi connectivity index (χ1n) is 6.75. The number of hydrogen-bond donors (Lipinski definition) is 2. The summed E-state index contributed by atoms with van der Waals surface area (Å²) in [5.41, 5.74) is -0.481. The lowest BCUT2D eigenvalue weighted by molar-refractivity contribution is -0.00619. The van der Waals surface area contributed by atoms with E-state index in [1.54, 1.807) is 13.8 Å². The molecule has 1 aromatic heterocycles. The highest BCUT2D eigenvalue weighted by atomic mass is 79.9. The van der Waals surface area contributed by atoms with E-state index in [2.05, 4.69) is 31.4 Å². The molecule has 1 heterocycles. The van der Waals surface area contributed by atoms with Gasteiger partial charge in [-0.1, -0.05) is 12.1 Å². The van der Waals surface area contributed by atoms with Crippen molar-refractivity contribution >= 4 is 15.9 Å². The number of hydrogen-bond acceptors (Lipinski definition) is 5. The Bertz CT molecular complexity index is 617. The Morgan fingerprint density at radius 2 is 1.86 bits per heavy atom. The molecular weight excluding hydrogens is 334 g/mol. The molecule has 0 saturated carbocycles. The van der Waals surface area contributed by atoms with Gasteiger partial charge in [0.15, 0.2) is 0 Å². The van der Waals surface area contributed by atoms with Crippen LogP contribution in [-0.4, -0.2) is 26.4 Å². The molecule has 0 bridgehead atoms. The van der Waals surface area contributed by atoms with Crippen LogP contribution in [0.5, 0.6) is 0 Å². The summed E-state index contributed by atoms with van der Waals surface area (Å²) < 4.78 is 6.57. The lowest BCUT2D eigenvalue weighted by atomic mass is 9.86. The summed E-state index contributed by atoms with van der Waals surface area (Å²) in [7, 11) is 0. The topological polar surface area (TPSA) is 71.2 Å². The van der Waals surface area contributed by atoms with Crippen molar-refractivity contribution in [1.29, 1.82) is 0 Å². The van der Waals surface area contributed by atoms with Crippen molar-refractivity contribution in [3.8, 4) is 11.5 Å². The normalized spacial score (nSPS) is 12.7. The maximum Gasteiger partial charge on any atom is 0.248 e. The monoisotopic (exact) mass is 353 g/mol. The second-order valence-corrected chi connectivity index (χ2v) is 6.87. The standard InChI is InChI=1S/C15H20BrN3O2/c1-14(2,15(3,4)20)17-9-12-18-19-13(21-12)10-7-5-6-8-11(10)16/h5-8,17,20H,9H2,1-4H3. The summed E-state index contributed by atoms with van der Waals surface area (Å²) in [5, 5.41) is 21.4. The molecule has 0 fully saturated rings. The first kappa shape index (κ1) is 16.1. The zero-order valence-corrected chi connectivity index (χ0v) is 14.2. The van der Waals surface area contributed by atoms with Crippen LogP contribution in [0, 0.1) is 0 Å². The van der Waals surface area contributed by atoms with Gasteiger partial charge in [0.1, 0.15) is 0 Å². The van der Waals surface area contributed by atoms with E-state index in [0.717, 1.165) is 10.0 Å². The second kappa shape index (κ2) is 5.87. The molecule has 2 rings (SSSR count). The lowest BCUT2D eigenvalue weighted by Gasteiger charge is -2.37.